The summed E-state index contributed by atoms with van der Waals surface area (Å²) in [4.78, 5) is 9.98. The van der Waals surface area contributed by atoms with E-state index in [1.54, 1.807) is 0 Å². The number of aliphatic hydroxyl groups is 4. The van der Waals surface area contributed by atoms with Crippen molar-refractivity contribution in [2.45, 2.75) is 30.7 Å². The molecule has 5 atom stereocenters. The summed E-state index contributed by atoms with van der Waals surface area (Å²) in [5.41, 5.74) is 0. The monoisotopic (exact) mass is 208 g/mol. The largest absolute Gasteiger partial charge is 0.435 e. The molecule has 1 aliphatic heterocycles. The predicted molar refractivity (Wildman–Crippen MR) is 40.9 cm³/mol. The summed E-state index contributed by atoms with van der Waals surface area (Å²) in [6.45, 7) is -0.504. The van der Waals surface area contributed by atoms with Gasteiger partial charge in [0, 0.05) is 0 Å². The van der Waals surface area contributed by atoms with E-state index in [4.69, 9.17) is 9.84 Å². The van der Waals surface area contributed by atoms with Gasteiger partial charge in [0.1, 0.15) is 24.4 Å². The topological polar surface area (TPSA) is 116 Å². The highest BCUT2D eigenvalue weighted by Crippen LogP contribution is 2.21. The molecule has 0 spiro atoms. The average Bonchev–Trinajstić information content (AvgIpc) is 2.19. The Hall–Kier alpha value is -0.730. The van der Waals surface area contributed by atoms with Crippen molar-refractivity contribution in [3.63, 3.8) is 0 Å². The van der Waals surface area contributed by atoms with Gasteiger partial charge < -0.3 is 29.9 Å². The lowest BCUT2D eigenvalue weighted by atomic mass is 9.99. The van der Waals surface area contributed by atoms with Crippen molar-refractivity contribution < 1.29 is 34.7 Å². The molecule has 14 heavy (non-hydrogen) atoms. The van der Waals surface area contributed by atoms with Crippen LogP contribution in [0.2, 0.25) is 0 Å². The number of ether oxygens (including phenoxy) is 2. The number of carbonyl (C=O) groups is 1. The first kappa shape index (κ1) is 11.3. The van der Waals surface area contributed by atoms with Crippen molar-refractivity contribution in [2.75, 3.05) is 6.61 Å². The number of hydrogen-bond donors (Lipinski definition) is 4. The van der Waals surface area contributed by atoms with Gasteiger partial charge in [-0.3, -0.25) is 4.79 Å². The third-order valence-corrected chi connectivity index (χ3v) is 2.04. The van der Waals surface area contributed by atoms with Crippen LogP contribution in [0, 0.1) is 0 Å². The molecule has 1 heterocycles. The molecule has 82 valence electrons. The Morgan fingerprint density at radius 3 is 2.36 bits per heavy atom. The number of hydrogen-bond acceptors (Lipinski definition) is 7. The first-order valence-electron chi connectivity index (χ1n) is 4.01. The second kappa shape index (κ2) is 4.67. The van der Waals surface area contributed by atoms with Crippen LogP contribution in [-0.4, -0.2) is 64.2 Å². The Balaban J connectivity index is 2.67. The van der Waals surface area contributed by atoms with Crippen molar-refractivity contribution in [1.29, 1.82) is 0 Å². The van der Waals surface area contributed by atoms with Gasteiger partial charge in [-0.25, -0.2) is 0 Å². The van der Waals surface area contributed by atoms with Crippen LogP contribution >= 0.6 is 0 Å². The van der Waals surface area contributed by atoms with E-state index < -0.39 is 37.3 Å². The van der Waals surface area contributed by atoms with E-state index in [0.29, 0.717) is 0 Å². The molecule has 1 fully saturated rings. The van der Waals surface area contributed by atoms with E-state index in [1.807, 2.05) is 0 Å². The summed E-state index contributed by atoms with van der Waals surface area (Å²) in [7, 11) is 0. The van der Waals surface area contributed by atoms with Crippen LogP contribution in [0.15, 0.2) is 0 Å². The zero-order valence-electron chi connectivity index (χ0n) is 7.18. The summed E-state index contributed by atoms with van der Waals surface area (Å²) in [5.74, 6) is 0. The first-order chi connectivity index (χ1) is 6.61. The Bertz CT molecular complexity index is 194. The summed E-state index contributed by atoms with van der Waals surface area (Å²) >= 11 is 0. The number of carbonyl (C=O) groups excluding carboxylic acids is 1. The maximum atomic E-state index is 9.98. The summed E-state index contributed by atoms with van der Waals surface area (Å²) in [6, 6.07) is 0. The number of aliphatic hydroxyl groups excluding tert-OH is 4. The molecule has 7 nitrogen and oxygen atoms in total. The second-order valence-electron chi connectivity index (χ2n) is 2.93. The first-order valence-corrected chi connectivity index (χ1v) is 4.01. The Labute approximate surface area is 79.5 Å². The molecular formula is C7H12O7. The fourth-order valence-electron chi connectivity index (χ4n) is 1.23. The lowest BCUT2D eigenvalue weighted by molar-refractivity contribution is -0.288. The average molecular weight is 208 g/mol. The van der Waals surface area contributed by atoms with Crippen LogP contribution in [0.25, 0.3) is 0 Å². The maximum absolute atomic E-state index is 9.98. The minimum absolute atomic E-state index is 0.0484. The molecule has 0 aromatic carbocycles. The van der Waals surface area contributed by atoms with Crippen LogP contribution in [0.1, 0.15) is 0 Å². The molecule has 0 aromatic heterocycles. The van der Waals surface area contributed by atoms with Gasteiger partial charge in [0.15, 0.2) is 0 Å². The van der Waals surface area contributed by atoms with Crippen molar-refractivity contribution >= 4 is 6.47 Å². The number of rotatable bonds is 3. The highest BCUT2D eigenvalue weighted by atomic mass is 16.7. The van der Waals surface area contributed by atoms with Gasteiger partial charge in [0.05, 0.1) is 6.61 Å². The SMILES string of the molecule is O=COC1O[C@H](CO)[C@@H](O)[C@H](O)[C@@H]1O. The zero-order valence-corrected chi connectivity index (χ0v) is 7.18. The smallest absolute Gasteiger partial charge is 0.295 e. The van der Waals surface area contributed by atoms with Crippen molar-refractivity contribution in [3.8, 4) is 0 Å². The van der Waals surface area contributed by atoms with Crippen molar-refractivity contribution in [1.82, 2.24) is 0 Å². The van der Waals surface area contributed by atoms with Gasteiger partial charge >= 0.3 is 0 Å². The fraction of sp³-hybridized carbons (Fsp3) is 0.857. The van der Waals surface area contributed by atoms with Gasteiger partial charge in [0.2, 0.25) is 6.29 Å². The third-order valence-electron chi connectivity index (χ3n) is 2.04. The van der Waals surface area contributed by atoms with Gasteiger partial charge in [-0.1, -0.05) is 0 Å². The second-order valence-corrected chi connectivity index (χ2v) is 2.93. The fourth-order valence-corrected chi connectivity index (χ4v) is 1.23. The van der Waals surface area contributed by atoms with Gasteiger partial charge in [0.25, 0.3) is 6.47 Å². The van der Waals surface area contributed by atoms with Gasteiger partial charge in [-0.15, -0.1) is 0 Å². The Kier molecular flexibility index (Phi) is 3.78. The summed E-state index contributed by atoms with van der Waals surface area (Å²) < 4.78 is 9.12. The zero-order chi connectivity index (χ0) is 10.7. The summed E-state index contributed by atoms with van der Waals surface area (Å²) in [6.07, 6.45) is -6.92. The molecule has 0 aromatic rings. The minimum Gasteiger partial charge on any atom is -0.435 e. The van der Waals surface area contributed by atoms with Crippen molar-refractivity contribution in [3.05, 3.63) is 0 Å². The van der Waals surface area contributed by atoms with Crippen LogP contribution < -0.4 is 0 Å². The minimum atomic E-state index is -1.53. The van der Waals surface area contributed by atoms with Crippen LogP contribution in [0.3, 0.4) is 0 Å². The molecule has 1 aliphatic rings. The van der Waals surface area contributed by atoms with E-state index >= 15 is 0 Å². The van der Waals surface area contributed by atoms with E-state index in [-0.39, 0.29) is 6.47 Å². The standard InChI is InChI=1S/C7H12O7/c8-1-3-4(10)5(11)6(12)7(14-3)13-2-9/h2-8,10-12H,1H2/t3-,4-,5+,6+,7?/m1/s1. The molecule has 1 saturated heterocycles. The van der Waals surface area contributed by atoms with Crippen LogP contribution in [-0.2, 0) is 14.3 Å². The third kappa shape index (κ3) is 2.02. The quantitative estimate of drug-likeness (QED) is 0.364. The maximum Gasteiger partial charge on any atom is 0.295 e. The van der Waals surface area contributed by atoms with Gasteiger partial charge in [-0.05, 0) is 0 Å². The summed E-state index contributed by atoms with van der Waals surface area (Å²) in [5, 5.41) is 36.5. The van der Waals surface area contributed by atoms with Crippen LogP contribution in [0.5, 0.6) is 0 Å². The molecule has 7 heteroatoms. The highest BCUT2D eigenvalue weighted by molar-refractivity contribution is 5.37. The van der Waals surface area contributed by atoms with E-state index in [0.717, 1.165) is 0 Å². The van der Waals surface area contributed by atoms with Crippen molar-refractivity contribution in [2.24, 2.45) is 0 Å². The Morgan fingerprint density at radius 1 is 1.21 bits per heavy atom. The van der Waals surface area contributed by atoms with Crippen LogP contribution in [0.4, 0.5) is 0 Å². The van der Waals surface area contributed by atoms with E-state index in [2.05, 4.69) is 4.74 Å². The molecule has 1 unspecified atom stereocenters. The normalized spacial score (nSPS) is 43.3. The highest BCUT2D eigenvalue weighted by Gasteiger charge is 2.44. The molecule has 4 N–H and O–H groups in total. The van der Waals surface area contributed by atoms with Gasteiger partial charge in [-0.2, -0.15) is 0 Å². The molecule has 0 saturated carbocycles. The predicted octanol–water partition coefficient (Wildman–Crippen LogP) is -3.04. The van der Waals surface area contributed by atoms with E-state index in [9.17, 15) is 20.1 Å². The molecule has 0 radical (unpaired) electrons. The lowest BCUT2D eigenvalue weighted by Crippen LogP contribution is -2.59. The molecular weight excluding hydrogens is 196 g/mol. The van der Waals surface area contributed by atoms with E-state index in [1.165, 1.54) is 0 Å². The molecule has 0 aliphatic carbocycles. The lowest BCUT2D eigenvalue weighted by Gasteiger charge is -2.38. The molecule has 0 amide bonds. The Morgan fingerprint density at radius 2 is 1.86 bits per heavy atom. The molecule has 1 rings (SSSR count). The molecule has 0 bridgehead atoms.